The minimum absolute atomic E-state index is 0.308. The summed E-state index contributed by atoms with van der Waals surface area (Å²) < 4.78 is 21.4. The monoisotopic (exact) mass is 193 g/mol. The van der Waals surface area contributed by atoms with Gasteiger partial charge in [-0.3, -0.25) is 5.14 Å². The van der Waals surface area contributed by atoms with E-state index in [1.54, 1.807) is 7.11 Å². The molecule has 1 unspecified atom stereocenters. The van der Waals surface area contributed by atoms with Gasteiger partial charge in [0.25, 0.3) is 0 Å². The molecule has 1 heterocycles. The third kappa shape index (κ3) is 2.52. The molecule has 4 nitrogen and oxygen atoms in total. The Hall–Kier alpha value is 0.0300. The zero-order valence-electron chi connectivity index (χ0n) is 7.25. The SMILES string of the molecule is COC1(CS(N)=O)CCOCC1. The van der Waals surface area contributed by atoms with Crippen LogP contribution >= 0.6 is 0 Å². The van der Waals surface area contributed by atoms with Crippen LogP contribution in [0.4, 0.5) is 0 Å². The van der Waals surface area contributed by atoms with Gasteiger partial charge in [-0.25, -0.2) is 4.21 Å². The Morgan fingerprint density at radius 3 is 2.58 bits per heavy atom. The lowest BCUT2D eigenvalue weighted by Gasteiger charge is -2.34. The fraction of sp³-hybridized carbons (Fsp3) is 1.00. The summed E-state index contributed by atoms with van der Waals surface area (Å²) >= 11 is 0. The Kier molecular flexibility index (Phi) is 3.64. The van der Waals surface area contributed by atoms with Gasteiger partial charge in [0.05, 0.1) is 22.3 Å². The maximum absolute atomic E-state index is 10.8. The summed E-state index contributed by atoms with van der Waals surface area (Å²) in [5.74, 6) is 0.410. The van der Waals surface area contributed by atoms with Crippen LogP contribution < -0.4 is 5.14 Å². The lowest BCUT2D eigenvalue weighted by Crippen LogP contribution is -2.44. The second-order valence-electron chi connectivity index (χ2n) is 3.02. The molecule has 0 aromatic heterocycles. The van der Waals surface area contributed by atoms with Crippen LogP contribution in [0.15, 0.2) is 0 Å². The van der Waals surface area contributed by atoms with Gasteiger partial charge in [0, 0.05) is 33.2 Å². The van der Waals surface area contributed by atoms with E-state index in [1.807, 2.05) is 0 Å². The van der Waals surface area contributed by atoms with Crippen LogP contribution in [-0.2, 0) is 20.5 Å². The molecule has 0 aliphatic carbocycles. The van der Waals surface area contributed by atoms with Gasteiger partial charge < -0.3 is 9.47 Å². The lowest BCUT2D eigenvalue weighted by atomic mass is 9.97. The first-order valence-electron chi connectivity index (χ1n) is 3.94. The van der Waals surface area contributed by atoms with Crippen molar-refractivity contribution in [2.45, 2.75) is 18.4 Å². The van der Waals surface area contributed by atoms with Crippen molar-refractivity contribution >= 4 is 11.0 Å². The van der Waals surface area contributed by atoms with E-state index in [2.05, 4.69) is 0 Å². The van der Waals surface area contributed by atoms with Crippen molar-refractivity contribution in [1.29, 1.82) is 0 Å². The van der Waals surface area contributed by atoms with E-state index in [-0.39, 0.29) is 5.60 Å². The Morgan fingerprint density at radius 2 is 2.17 bits per heavy atom. The zero-order chi connectivity index (χ0) is 9.03. The van der Waals surface area contributed by atoms with Crippen LogP contribution in [0.3, 0.4) is 0 Å². The van der Waals surface area contributed by atoms with Gasteiger partial charge in [0.1, 0.15) is 0 Å². The Labute approximate surface area is 75.0 Å². The molecule has 0 saturated carbocycles. The summed E-state index contributed by atoms with van der Waals surface area (Å²) in [5.41, 5.74) is -0.308. The van der Waals surface area contributed by atoms with E-state index in [1.165, 1.54) is 0 Å². The number of methoxy groups -OCH3 is 1. The van der Waals surface area contributed by atoms with Gasteiger partial charge in [0.2, 0.25) is 0 Å². The maximum atomic E-state index is 10.8. The standard InChI is InChI=1S/C7H15NO3S/c1-10-7(6-12(8)9)2-4-11-5-3-7/h2-6,8H2,1H3. The largest absolute Gasteiger partial charge is 0.381 e. The van der Waals surface area contributed by atoms with Crippen LogP contribution in [-0.4, -0.2) is 35.9 Å². The van der Waals surface area contributed by atoms with Crippen molar-refractivity contribution in [2.24, 2.45) is 5.14 Å². The minimum Gasteiger partial charge on any atom is -0.381 e. The van der Waals surface area contributed by atoms with Gasteiger partial charge in [-0.1, -0.05) is 0 Å². The highest BCUT2D eigenvalue weighted by atomic mass is 32.2. The third-order valence-corrected chi connectivity index (χ3v) is 3.05. The van der Waals surface area contributed by atoms with Gasteiger partial charge in [-0.15, -0.1) is 0 Å². The highest BCUT2D eigenvalue weighted by Gasteiger charge is 2.33. The summed E-state index contributed by atoms with van der Waals surface area (Å²) in [5, 5.41) is 5.24. The average Bonchev–Trinajstić information content (AvgIpc) is 2.05. The van der Waals surface area contributed by atoms with Crippen molar-refractivity contribution in [3.8, 4) is 0 Å². The van der Waals surface area contributed by atoms with Crippen LogP contribution in [0.2, 0.25) is 0 Å². The van der Waals surface area contributed by atoms with Gasteiger partial charge in [0.15, 0.2) is 0 Å². The van der Waals surface area contributed by atoms with E-state index in [0.717, 1.165) is 12.8 Å². The zero-order valence-corrected chi connectivity index (χ0v) is 8.06. The van der Waals surface area contributed by atoms with E-state index in [0.29, 0.717) is 19.0 Å². The molecule has 5 heteroatoms. The molecule has 0 spiro atoms. The maximum Gasteiger partial charge on any atom is 0.0917 e. The molecule has 1 rings (SSSR count). The number of nitrogens with two attached hydrogens (primary N) is 1. The summed E-state index contributed by atoms with van der Waals surface area (Å²) in [6.45, 7) is 1.34. The molecule has 12 heavy (non-hydrogen) atoms. The van der Waals surface area contributed by atoms with Crippen molar-refractivity contribution in [3.05, 3.63) is 0 Å². The quantitative estimate of drug-likeness (QED) is 0.675. The van der Waals surface area contributed by atoms with Gasteiger partial charge in [-0.2, -0.15) is 0 Å². The second kappa shape index (κ2) is 4.32. The molecule has 0 bridgehead atoms. The van der Waals surface area contributed by atoms with E-state index in [4.69, 9.17) is 14.6 Å². The molecule has 2 N–H and O–H groups in total. The van der Waals surface area contributed by atoms with Crippen LogP contribution in [0.25, 0.3) is 0 Å². The highest BCUT2D eigenvalue weighted by Crippen LogP contribution is 2.24. The van der Waals surface area contributed by atoms with Crippen LogP contribution in [0.1, 0.15) is 12.8 Å². The summed E-state index contributed by atoms with van der Waals surface area (Å²) in [7, 11) is 0.354. The fourth-order valence-corrected chi connectivity index (χ4v) is 2.34. The van der Waals surface area contributed by atoms with E-state index >= 15 is 0 Å². The molecule has 1 fully saturated rings. The first-order valence-corrected chi connectivity index (χ1v) is 5.32. The third-order valence-electron chi connectivity index (χ3n) is 2.24. The average molecular weight is 193 g/mol. The fourth-order valence-electron chi connectivity index (χ4n) is 1.41. The molecule has 0 aromatic rings. The Bertz CT molecular complexity index is 168. The van der Waals surface area contributed by atoms with E-state index < -0.39 is 11.0 Å². The molecular formula is C7H15NO3S. The second-order valence-corrected chi connectivity index (χ2v) is 4.07. The molecule has 0 amide bonds. The first kappa shape index (κ1) is 10.1. The topological polar surface area (TPSA) is 61.5 Å². The number of rotatable bonds is 3. The molecular weight excluding hydrogens is 178 g/mol. The first-order chi connectivity index (χ1) is 5.68. The normalized spacial score (nSPS) is 25.2. The predicted molar refractivity (Wildman–Crippen MR) is 47.0 cm³/mol. The number of hydrogen-bond donors (Lipinski definition) is 1. The highest BCUT2D eigenvalue weighted by molar-refractivity contribution is 7.82. The van der Waals surface area contributed by atoms with Crippen LogP contribution in [0.5, 0.6) is 0 Å². The summed E-state index contributed by atoms with van der Waals surface area (Å²) in [6.07, 6.45) is 1.57. The van der Waals surface area contributed by atoms with Gasteiger partial charge in [-0.05, 0) is 0 Å². The number of ether oxygens (including phenoxy) is 2. The van der Waals surface area contributed by atoms with Crippen LogP contribution in [0, 0.1) is 0 Å². The molecule has 0 radical (unpaired) electrons. The molecule has 1 aliphatic rings. The Balaban J connectivity index is 2.53. The lowest BCUT2D eigenvalue weighted by molar-refractivity contribution is -0.0746. The molecule has 0 aromatic carbocycles. The molecule has 1 saturated heterocycles. The molecule has 1 aliphatic heterocycles. The summed E-state index contributed by atoms with van der Waals surface area (Å²) in [4.78, 5) is 0. The number of hydrogen-bond acceptors (Lipinski definition) is 3. The summed E-state index contributed by atoms with van der Waals surface area (Å²) in [6, 6.07) is 0. The predicted octanol–water partition coefficient (Wildman–Crippen LogP) is -0.196. The van der Waals surface area contributed by atoms with Crippen molar-refractivity contribution < 1.29 is 13.7 Å². The smallest absolute Gasteiger partial charge is 0.0917 e. The Morgan fingerprint density at radius 1 is 1.58 bits per heavy atom. The van der Waals surface area contributed by atoms with E-state index in [9.17, 15) is 4.21 Å². The molecule has 1 atom stereocenters. The van der Waals surface area contributed by atoms with Crippen molar-refractivity contribution in [2.75, 3.05) is 26.1 Å². The molecule has 72 valence electrons. The van der Waals surface area contributed by atoms with Crippen molar-refractivity contribution in [3.63, 3.8) is 0 Å². The minimum atomic E-state index is -1.28. The van der Waals surface area contributed by atoms with Gasteiger partial charge >= 0.3 is 0 Å². The van der Waals surface area contributed by atoms with Crippen molar-refractivity contribution in [1.82, 2.24) is 0 Å².